The average molecular weight is 459 g/mol. The fourth-order valence-corrected chi connectivity index (χ4v) is 5.67. The van der Waals surface area contributed by atoms with Crippen LogP contribution in [0.1, 0.15) is 63.9 Å². The number of carbonyl (C=O) groups excluding carboxylic acids is 2. The Morgan fingerprint density at radius 2 is 1.70 bits per heavy atom. The first kappa shape index (κ1) is 24.1. The molecule has 2 aliphatic carbocycles. The van der Waals surface area contributed by atoms with E-state index in [2.05, 4.69) is 10.2 Å². The van der Waals surface area contributed by atoms with Crippen molar-refractivity contribution in [3.05, 3.63) is 35.6 Å². The summed E-state index contributed by atoms with van der Waals surface area (Å²) in [5, 5.41) is 3.18. The Labute approximate surface area is 197 Å². The lowest BCUT2D eigenvalue weighted by Crippen LogP contribution is -2.57. The molecule has 182 valence electrons. The molecule has 6 nitrogen and oxygen atoms in total. The van der Waals surface area contributed by atoms with E-state index < -0.39 is 6.04 Å². The van der Waals surface area contributed by atoms with Crippen LogP contribution < -0.4 is 11.1 Å². The molecule has 1 aromatic carbocycles. The first-order valence-corrected chi connectivity index (χ1v) is 12.7. The summed E-state index contributed by atoms with van der Waals surface area (Å²) in [6.45, 7) is 4.36. The summed E-state index contributed by atoms with van der Waals surface area (Å²) in [6, 6.07) is 7.06. The lowest BCUT2D eigenvalue weighted by atomic mass is 9.82. The van der Waals surface area contributed by atoms with Crippen molar-refractivity contribution in [2.45, 2.75) is 83.0 Å². The molecule has 0 spiro atoms. The minimum Gasteiger partial charge on any atom is -0.354 e. The molecule has 1 unspecified atom stereocenters. The maximum absolute atomic E-state index is 13.4. The molecule has 2 atom stereocenters. The van der Waals surface area contributed by atoms with Crippen LogP contribution in [0.25, 0.3) is 0 Å². The van der Waals surface area contributed by atoms with Crippen LogP contribution in [-0.2, 0) is 16.1 Å². The van der Waals surface area contributed by atoms with Gasteiger partial charge in [-0.1, -0.05) is 12.1 Å². The molecule has 0 radical (unpaired) electrons. The first-order chi connectivity index (χ1) is 15.9. The number of hydrogen-bond donors (Lipinski definition) is 2. The highest BCUT2D eigenvalue weighted by molar-refractivity contribution is 5.87. The molecule has 7 heteroatoms. The van der Waals surface area contributed by atoms with E-state index in [1.807, 2.05) is 12.1 Å². The molecule has 3 aliphatic rings. The molecule has 0 aromatic heterocycles. The molecule has 1 aliphatic heterocycles. The molecule has 3 fully saturated rings. The number of halogens is 1. The van der Waals surface area contributed by atoms with E-state index in [4.69, 9.17) is 5.73 Å². The third-order valence-corrected chi connectivity index (χ3v) is 7.91. The Balaban J connectivity index is 1.38. The van der Waals surface area contributed by atoms with Crippen molar-refractivity contribution in [2.75, 3.05) is 19.6 Å². The Hall–Kier alpha value is -1.99. The molecule has 2 saturated carbocycles. The molecule has 3 N–H and O–H groups in total. The third-order valence-electron chi connectivity index (χ3n) is 7.91. The highest BCUT2D eigenvalue weighted by Crippen LogP contribution is 2.35. The van der Waals surface area contributed by atoms with E-state index in [0.717, 1.165) is 63.6 Å². The summed E-state index contributed by atoms with van der Waals surface area (Å²) < 4.78 is 13.4. The van der Waals surface area contributed by atoms with Crippen LogP contribution in [0.5, 0.6) is 0 Å². The molecule has 1 aromatic rings. The van der Waals surface area contributed by atoms with Gasteiger partial charge < -0.3 is 16.0 Å². The standard InChI is InChI=1S/C26H39FN4O2/c1-18(32)30-13-12-24(31(23-10-11-23)17-21-6-8-22(27)9-7-21)14-25(30)26(33)29-16-20-4-2-19(15-28)3-5-20/h6-9,19-20,23-25H,2-5,10-17,28H2,1H3,(H,29,33)/t19?,20?,24?,25-/m1/s1. The van der Waals surface area contributed by atoms with Crippen molar-refractivity contribution in [3.63, 3.8) is 0 Å². The highest BCUT2D eigenvalue weighted by atomic mass is 19.1. The summed E-state index contributed by atoms with van der Waals surface area (Å²) in [7, 11) is 0. The minimum atomic E-state index is -0.420. The van der Waals surface area contributed by atoms with Gasteiger partial charge in [0, 0.05) is 38.6 Å². The molecule has 1 heterocycles. The van der Waals surface area contributed by atoms with E-state index in [0.29, 0.717) is 37.4 Å². The van der Waals surface area contributed by atoms with Crippen molar-refractivity contribution >= 4 is 11.8 Å². The van der Waals surface area contributed by atoms with Crippen LogP contribution in [0.4, 0.5) is 4.39 Å². The molecule has 0 bridgehead atoms. The van der Waals surface area contributed by atoms with E-state index >= 15 is 0 Å². The summed E-state index contributed by atoms with van der Waals surface area (Å²) >= 11 is 0. The van der Waals surface area contributed by atoms with E-state index in [1.54, 1.807) is 11.8 Å². The number of carbonyl (C=O) groups is 2. The normalized spacial score (nSPS) is 28.1. The number of nitrogens with two attached hydrogens (primary N) is 1. The maximum atomic E-state index is 13.4. The van der Waals surface area contributed by atoms with E-state index in [9.17, 15) is 14.0 Å². The van der Waals surface area contributed by atoms with Gasteiger partial charge in [-0.05, 0) is 87.4 Å². The summed E-state index contributed by atoms with van der Waals surface area (Å²) in [5.41, 5.74) is 6.89. The SMILES string of the molecule is CC(=O)N1CCC(N(Cc2ccc(F)cc2)C2CC2)C[C@@H]1C(=O)NCC1CCC(CN)CC1. The average Bonchev–Trinajstić information content (AvgIpc) is 3.67. The van der Waals surface area contributed by atoms with Gasteiger partial charge in [0.2, 0.25) is 11.8 Å². The largest absolute Gasteiger partial charge is 0.354 e. The molecule has 4 rings (SSSR count). The van der Waals surface area contributed by atoms with E-state index in [-0.39, 0.29) is 23.7 Å². The number of amides is 2. The van der Waals surface area contributed by atoms with Crippen molar-refractivity contribution < 1.29 is 14.0 Å². The minimum absolute atomic E-state index is 0.0200. The number of nitrogens with zero attached hydrogens (tertiary/aromatic N) is 2. The number of likely N-dealkylation sites (tertiary alicyclic amines) is 1. The predicted octanol–water partition coefficient (Wildman–Crippen LogP) is 3.05. The fourth-order valence-electron chi connectivity index (χ4n) is 5.67. The van der Waals surface area contributed by atoms with Crippen molar-refractivity contribution in [1.29, 1.82) is 0 Å². The molecular weight excluding hydrogens is 419 g/mol. The van der Waals surface area contributed by atoms with Gasteiger partial charge in [0.25, 0.3) is 0 Å². The lowest BCUT2D eigenvalue weighted by Gasteiger charge is -2.43. The monoisotopic (exact) mass is 458 g/mol. The second-order valence-electron chi connectivity index (χ2n) is 10.3. The molecule has 2 amide bonds. The number of rotatable bonds is 8. The maximum Gasteiger partial charge on any atom is 0.242 e. The predicted molar refractivity (Wildman–Crippen MR) is 127 cm³/mol. The van der Waals surface area contributed by atoms with Crippen molar-refractivity contribution in [2.24, 2.45) is 17.6 Å². The lowest BCUT2D eigenvalue weighted by molar-refractivity contribution is -0.142. The number of piperidine rings is 1. The third kappa shape index (κ3) is 6.33. The zero-order valence-electron chi connectivity index (χ0n) is 19.8. The smallest absolute Gasteiger partial charge is 0.242 e. The van der Waals surface area contributed by atoms with Gasteiger partial charge in [-0.25, -0.2) is 4.39 Å². The molecule has 33 heavy (non-hydrogen) atoms. The van der Waals surface area contributed by atoms with Crippen molar-refractivity contribution in [3.8, 4) is 0 Å². The van der Waals surface area contributed by atoms with E-state index in [1.165, 1.54) is 12.1 Å². The Bertz CT molecular complexity index is 805. The number of hydrogen-bond acceptors (Lipinski definition) is 4. The zero-order chi connectivity index (χ0) is 23.4. The fraction of sp³-hybridized carbons (Fsp3) is 0.692. The van der Waals surface area contributed by atoms with Gasteiger partial charge in [-0.15, -0.1) is 0 Å². The highest BCUT2D eigenvalue weighted by Gasteiger charge is 2.41. The Kier molecular flexibility index (Phi) is 8.02. The Morgan fingerprint density at radius 3 is 2.30 bits per heavy atom. The van der Waals surface area contributed by atoms with Crippen LogP contribution in [0.2, 0.25) is 0 Å². The van der Waals surface area contributed by atoms with Gasteiger partial charge in [-0.2, -0.15) is 0 Å². The van der Waals surface area contributed by atoms with Crippen LogP contribution >= 0.6 is 0 Å². The summed E-state index contributed by atoms with van der Waals surface area (Å²) in [6.07, 6.45) is 8.35. The Morgan fingerprint density at radius 1 is 1.03 bits per heavy atom. The van der Waals surface area contributed by atoms with Gasteiger partial charge in [0.05, 0.1) is 0 Å². The quantitative estimate of drug-likeness (QED) is 0.628. The van der Waals surface area contributed by atoms with Crippen LogP contribution in [0.15, 0.2) is 24.3 Å². The number of nitrogens with one attached hydrogen (secondary N) is 1. The summed E-state index contributed by atoms with van der Waals surface area (Å²) in [5.74, 6) is 0.851. The van der Waals surface area contributed by atoms with Crippen LogP contribution in [-0.4, -0.2) is 59.4 Å². The molecule has 1 saturated heterocycles. The number of benzene rings is 1. The second-order valence-corrected chi connectivity index (χ2v) is 10.3. The van der Waals surface area contributed by atoms with Crippen LogP contribution in [0, 0.1) is 17.7 Å². The summed E-state index contributed by atoms with van der Waals surface area (Å²) in [4.78, 5) is 29.8. The van der Waals surface area contributed by atoms with Gasteiger partial charge in [-0.3, -0.25) is 14.5 Å². The van der Waals surface area contributed by atoms with Gasteiger partial charge in [0.15, 0.2) is 0 Å². The second kappa shape index (κ2) is 11.0. The zero-order valence-corrected chi connectivity index (χ0v) is 19.8. The van der Waals surface area contributed by atoms with Gasteiger partial charge >= 0.3 is 0 Å². The van der Waals surface area contributed by atoms with Gasteiger partial charge in [0.1, 0.15) is 11.9 Å². The molecular formula is C26H39FN4O2. The first-order valence-electron chi connectivity index (χ1n) is 12.7. The topological polar surface area (TPSA) is 78.7 Å². The van der Waals surface area contributed by atoms with Crippen molar-refractivity contribution in [1.82, 2.24) is 15.1 Å². The van der Waals surface area contributed by atoms with Crippen LogP contribution in [0.3, 0.4) is 0 Å².